The number of carbonyl (C=O) groups excluding carboxylic acids is 2. The van der Waals surface area contributed by atoms with Crippen molar-refractivity contribution in [1.82, 2.24) is 20.0 Å². The molecule has 0 fully saturated rings. The quantitative estimate of drug-likeness (QED) is 0.852. The molecule has 1 atom stereocenters. The predicted molar refractivity (Wildman–Crippen MR) is 104 cm³/mol. The highest BCUT2D eigenvalue weighted by molar-refractivity contribution is 6.01. The van der Waals surface area contributed by atoms with E-state index in [1.54, 1.807) is 4.90 Å². The first kappa shape index (κ1) is 19.1. The summed E-state index contributed by atoms with van der Waals surface area (Å²) < 4.78 is 1.82. The van der Waals surface area contributed by atoms with Crippen molar-refractivity contribution in [3.63, 3.8) is 0 Å². The largest absolute Gasteiger partial charge is 0.350 e. The van der Waals surface area contributed by atoms with Crippen molar-refractivity contribution < 1.29 is 9.59 Å². The van der Waals surface area contributed by atoms with Gasteiger partial charge < -0.3 is 10.2 Å². The molecule has 6 nitrogen and oxygen atoms in total. The normalized spacial score (nSPS) is 14.6. The number of fused-ring (bicyclic) bond motifs is 1. The average Bonchev–Trinajstić information content (AvgIpc) is 3.07. The Balaban J connectivity index is 1.77. The van der Waals surface area contributed by atoms with Gasteiger partial charge in [-0.15, -0.1) is 0 Å². The van der Waals surface area contributed by atoms with Crippen molar-refractivity contribution in [1.29, 1.82) is 0 Å². The van der Waals surface area contributed by atoms with E-state index in [-0.39, 0.29) is 11.8 Å². The van der Waals surface area contributed by atoms with Crippen molar-refractivity contribution in [2.45, 2.75) is 53.2 Å². The molecule has 2 heterocycles. The van der Waals surface area contributed by atoms with Crippen LogP contribution in [-0.4, -0.2) is 32.5 Å². The molecule has 1 aromatic carbocycles. The minimum Gasteiger partial charge on any atom is -0.350 e. The van der Waals surface area contributed by atoms with E-state index in [0.29, 0.717) is 31.0 Å². The second kappa shape index (κ2) is 7.55. The first-order chi connectivity index (χ1) is 12.8. The lowest BCUT2D eigenvalue weighted by Gasteiger charge is -2.28. The minimum absolute atomic E-state index is 0.0554. The van der Waals surface area contributed by atoms with Crippen molar-refractivity contribution in [2.24, 2.45) is 13.0 Å². The van der Waals surface area contributed by atoms with E-state index >= 15 is 0 Å². The Hall–Kier alpha value is -2.63. The van der Waals surface area contributed by atoms with E-state index < -0.39 is 6.04 Å². The van der Waals surface area contributed by atoms with Crippen LogP contribution in [0.5, 0.6) is 0 Å². The van der Waals surface area contributed by atoms with Crippen LogP contribution in [0.2, 0.25) is 0 Å². The number of hydrogen-bond donors (Lipinski definition) is 1. The lowest BCUT2D eigenvalue weighted by molar-refractivity contribution is -0.126. The zero-order chi connectivity index (χ0) is 19.7. The summed E-state index contributed by atoms with van der Waals surface area (Å²) in [6.07, 6.45) is 0.635. The maximum absolute atomic E-state index is 13.0. The highest BCUT2D eigenvalue weighted by atomic mass is 16.2. The summed E-state index contributed by atoms with van der Waals surface area (Å²) in [6.45, 7) is 9.00. The summed E-state index contributed by atoms with van der Waals surface area (Å²) in [5.41, 5.74) is 4.68. The second-order valence-corrected chi connectivity index (χ2v) is 7.73. The third kappa shape index (κ3) is 3.75. The summed E-state index contributed by atoms with van der Waals surface area (Å²) in [5, 5.41) is 7.44. The third-order valence-electron chi connectivity index (χ3n) is 5.32. The molecule has 0 unspecified atom stereocenters. The number of amides is 2. The standard InChI is InChI=1S/C21H28N4O2/c1-13(2)10-19(25-12-16-8-6-7-9-17(16)21(25)27)20(26)22-11-18-14(3)23-24(5)15(18)4/h6-9,13,19H,10-12H2,1-5H3,(H,22,26)/t19-/m1/s1. The number of rotatable bonds is 6. The van der Waals surface area contributed by atoms with Crippen LogP contribution in [0.25, 0.3) is 0 Å². The lowest BCUT2D eigenvalue weighted by Crippen LogP contribution is -2.47. The Morgan fingerprint density at radius 3 is 2.56 bits per heavy atom. The second-order valence-electron chi connectivity index (χ2n) is 7.73. The van der Waals surface area contributed by atoms with Gasteiger partial charge in [0, 0.05) is 37.0 Å². The molecule has 0 radical (unpaired) electrons. The Labute approximate surface area is 160 Å². The van der Waals surface area contributed by atoms with Gasteiger partial charge in [-0.25, -0.2) is 0 Å². The Morgan fingerprint density at radius 1 is 1.26 bits per heavy atom. The van der Waals surface area contributed by atoms with Crippen LogP contribution in [-0.2, 0) is 24.9 Å². The lowest BCUT2D eigenvalue weighted by atomic mass is 10.0. The number of nitrogens with one attached hydrogen (secondary N) is 1. The van der Waals surface area contributed by atoms with Gasteiger partial charge in [0.05, 0.1) is 5.69 Å². The van der Waals surface area contributed by atoms with Crippen molar-refractivity contribution in [2.75, 3.05) is 0 Å². The molecular formula is C21H28N4O2. The molecule has 1 aliphatic rings. The van der Waals surface area contributed by atoms with E-state index in [1.165, 1.54) is 0 Å². The molecule has 0 saturated heterocycles. The van der Waals surface area contributed by atoms with Crippen molar-refractivity contribution in [3.05, 3.63) is 52.3 Å². The zero-order valence-corrected chi connectivity index (χ0v) is 16.7. The summed E-state index contributed by atoms with van der Waals surface area (Å²) in [6, 6.07) is 7.12. The number of hydrogen-bond acceptors (Lipinski definition) is 3. The number of nitrogens with zero attached hydrogens (tertiary/aromatic N) is 3. The van der Waals surface area contributed by atoms with Crippen LogP contribution in [0.4, 0.5) is 0 Å². The van der Waals surface area contributed by atoms with Gasteiger partial charge in [-0.2, -0.15) is 5.10 Å². The van der Waals surface area contributed by atoms with Gasteiger partial charge in [0.25, 0.3) is 5.91 Å². The molecule has 27 heavy (non-hydrogen) atoms. The van der Waals surface area contributed by atoms with Crippen LogP contribution in [0, 0.1) is 19.8 Å². The monoisotopic (exact) mass is 368 g/mol. The fraction of sp³-hybridized carbons (Fsp3) is 0.476. The van der Waals surface area contributed by atoms with Gasteiger partial charge >= 0.3 is 0 Å². The maximum Gasteiger partial charge on any atom is 0.255 e. The molecule has 1 aliphatic heterocycles. The van der Waals surface area contributed by atoms with Crippen LogP contribution in [0.1, 0.15) is 53.1 Å². The molecule has 144 valence electrons. The first-order valence-electron chi connectivity index (χ1n) is 9.45. The Bertz CT molecular complexity index is 869. The summed E-state index contributed by atoms with van der Waals surface area (Å²) >= 11 is 0. The zero-order valence-electron chi connectivity index (χ0n) is 16.7. The van der Waals surface area contributed by atoms with Gasteiger partial charge in [0.1, 0.15) is 6.04 Å². The van der Waals surface area contributed by atoms with Gasteiger partial charge in [0.2, 0.25) is 5.91 Å². The Kier molecular flexibility index (Phi) is 5.35. The van der Waals surface area contributed by atoms with E-state index in [1.807, 2.05) is 49.8 Å². The predicted octanol–water partition coefficient (Wildman–Crippen LogP) is 2.72. The summed E-state index contributed by atoms with van der Waals surface area (Å²) in [5.74, 6) is 0.145. The van der Waals surface area contributed by atoms with Crippen molar-refractivity contribution in [3.8, 4) is 0 Å². The molecule has 1 N–H and O–H groups in total. The van der Waals surface area contributed by atoms with Crippen LogP contribution >= 0.6 is 0 Å². The van der Waals surface area contributed by atoms with Crippen molar-refractivity contribution >= 4 is 11.8 Å². The molecular weight excluding hydrogens is 340 g/mol. The van der Waals surface area contributed by atoms with E-state index in [0.717, 1.165) is 22.5 Å². The van der Waals surface area contributed by atoms with Crippen LogP contribution in [0.15, 0.2) is 24.3 Å². The molecule has 6 heteroatoms. The highest BCUT2D eigenvalue weighted by Crippen LogP contribution is 2.27. The minimum atomic E-state index is -0.470. The van der Waals surface area contributed by atoms with E-state index in [4.69, 9.17) is 0 Å². The molecule has 1 aromatic heterocycles. The van der Waals surface area contributed by atoms with Crippen LogP contribution < -0.4 is 5.32 Å². The third-order valence-corrected chi connectivity index (χ3v) is 5.32. The molecule has 0 aliphatic carbocycles. The molecule has 2 aromatic rings. The smallest absolute Gasteiger partial charge is 0.255 e. The average molecular weight is 368 g/mol. The van der Waals surface area contributed by atoms with E-state index in [9.17, 15) is 9.59 Å². The summed E-state index contributed by atoms with van der Waals surface area (Å²) in [7, 11) is 1.90. The highest BCUT2D eigenvalue weighted by Gasteiger charge is 2.36. The van der Waals surface area contributed by atoms with Gasteiger partial charge in [0.15, 0.2) is 0 Å². The maximum atomic E-state index is 13.0. The number of benzene rings is 1. The SMILES string of the molecule is Cc1nn(C)c(C)c1CNC(=O)[C@@H](CC(C)C)N1Cc2ccccc2C1=O. The van der Waals surface area contributed by atoms with E-state index in [2.05, 4.69) is 24.3 Å². The number of aryl methyl sites for hydroxylation is 2. The van der Waals surface area contributed by atoms with Crippen LogP contribution in [0.3, 0.4) is 0 Å². The fourth-order valence-electron chi connectivity index (χ4n) is 3.72. The number of carbonyl (C=O) groups is 2. The Morgan fingerprint density at radius 2 is 1.96 bits per heavy atom. The first-order valence-corrected chi connectivity index (χ1v) is 9.45. The molecule has 0 saturated carbocycles. The molecule has 0 bridgehead atoms. The molecule has 3 rings (SSSR count). The molecule has 2 amide bonds. The van der Waals surface area contributed by atoms with Gasteiger partial charge in [-0.1, -0.05) is 32.0 Å². The van der Waals surface area contributed by atoms with Gasteiger partial charge in [-0.05, 0) is 37.8 Å². The summed E-state index contributed by atoms with van der Waals surface area (Å²) in [4.78, 5) is 27.6. The topological polar surface area (TPSA) is 67.2 Å². The van der Waals surface area contributed by atoms with Gasteiger partial charge in [-0.3, -0.25) is 14.3 Å². The fourth-order valence-corrected chi connectivity index (χ4v) is 3.72. The molecule has 0 spiro atoms. The number of aromatic nitrogens is 2.